The van der Waals surface area contributed by atoms with Crippen LogP contribution in [-0.2, 0) is 18.5 Å². The Bertz CT molecular complexity index is 1480. The first-order valence-electron chi connectivity index (χ1n) is 13.3. The standard InChI is InChI=1S/C29H36N8O3.BrH/c1-29(2,3)22-9-17(10-24-26(22)40-8-7-36(24)15-19-13-32-34-33-19)25(38)16-37-14-18-11-23(35(5)6)21(28(39)31-4)12-20(18)27(37)30;/h9-13,30H,7-8,14-16H2,1-6H3,(H,31,39)(H,32,33,34);1H. The van der Waals surface area contributed by atoms with E-state index in [2.05, 4.69) is 46.4 Å². The van der Waals surface area contributed by atoms with E-state index >= 15 is 0 Å². The van der Waals surface area contributed by atoms with E-state index in [-0.39, 0.29) is 46.5 Å². The van der Waals surface area contributed by atoms with Crippen molar-refractivity contribution < 1.29 is 14.3 Å². The van der Waals surface area contributed by atoms with Crippen molar-refractivity contribution in [3.05, 3.63) is 64.0 Å². The summed E-state index contributed by atoms with van der Waals surface area (Å²) in [4.78, 5) is 32.2. The number of Topliss-reactive ketones (excluding diaryl/α,β-unsaturated/α-hetero) is 1. The van der Waals surface area contributed by atoms with Gasteiger partial charge in [-0.25, -0.2) is 0 Å². The number of anilines is 2. The van der Waals surface area contributed by atoms with Crippen LogP contribution in [0, 0.1) is 5.41 Å². The van der Waals surface area contributed by atoms with Gasteiger partial charge in [0.1, 0.15) is 18.2 Å². The van der Waals surface area contributed by atoms with Crippen molar-refractivity contribution in [2.75, 3.05) is 50.6 Å². The lowest BCUT2D eigenvalue weighted by molar-refractivity contribution is 0.0955. The lowest BCUT2D eigenvalue weighted by Gasteiger charge is -2.35. The van der Waals surface area contributed by atoms with E-state index in [0.717, 1.165) is 33.9 Å². The van der Waals surface area contributed by atoms with E-state index < -0.39 is 0 Å². The summed E-state index contributed by atoms with van der Waals surface area (Å²) in [7, 11) is 5.36. The summed E-state index contributed by atoms with van der Waals surface area (Å²) in [6.07, 6.45) is 1.70. The Morgan fingerprint density at radius 3 is 2.56 bits per heavy atom. The number of ketones is 1. The van der Waals surface area contributed by atoms with Crippen LogP contribution in [0.15, 0.2) is 30.5 Å². The Hall–Kier alpha value is -3.93. The normalized spacial score (nSPS) is 14.1. The summed E-state index contributed by atoms with van der Waals surface area (Å²) in [5, 5.41) is 22.2. The van der Waals surface area contributed by atoms with Crippen LogP contribution in [-0.4, -0.2) is 78.7 Å². The van der Waals surface area contributed by atoms with Gasteiger partial charge < -0.3 is 24.8 Å². The maximum atomic E-state index is 13.8. The highest BCUT2D eigenvalue weighted by Gasteiger charge is 2.32. The van der Waals surface area contributed by atoms with Crippen molar-refractivity contribution in [1.82, 2.24) is 25.6 Å². The van der Waals surface area contributed by atoms with E-state index in [1.807, 2.05) is 37.2 Å². The number of hydrogen-bond donors (Lipinski definition) is 3. The average molecular weight is 626 g/mol. The Morgan fingerprint density at radius 1 is 1.17 bits per heavy atom. The zero-order valence-electron chi connectivity index (χ0n) is 24.3. The first-order chi connectivity index (χ1) is 19.0. The molecule has 3 heterocycles. The van der Waals surface area contributed by atoms with Gasteiger partial charge in [0, 0.05) is 50.1 Å². The predicted octanol–water partition coefficient (Wildman–Crippen LogP) is 3.53. The third kappa shape index (κ3) is 5.79. The molecule has 0 saturated heterocycles. The molecular weight excluding hydrogens is 588 g/mol. The van der Waals surface area contributed by atoms with Crippen molar-refractivity contribution in [2.24, 2.45) is 0 Å². The average Bonchev–Trinajstić information content (AvgIpc) is 3.54. The van der Waals surface area contributed by atoms with Gasteiger partial charge in [0.25, 0.3) is 5.91 Å². The number of aromatic nitrogens is 3. The number of carbonyl (C=O) groups excluding carboxylic acids is 2. The molecule has 0 atom stereocenters. The highest BCUT2D eigenvalue weighted by Crippen LogP contribution is 2.42. The lowest BCUT2D eigenvalue weighted by Crippen LogP contribution is -2.34. The second-order valence-electron chi connectivity index (χ2n) is 11.5. The van der Waals surface area contributed by atoms with Gasteiger partial charge >= 0.3 is 0 Å². The highest BCUT2D eigenvalue weighted by molar-refractivity contribution is 8.93. The summed E-state index contributed by atoms with van der Waals surface area (Å²) in [6, 6.07) is 7.53. The fraction of sp³-hybridized carbons (Fsp3) is 0.414. The number of amidine groups is 1. The number of amides is 1. The molecule has 2 aliphatic rings. The van der Waals surface area contributed by atoms with E-state index in [1.54, 1.807) is 24.2 Å². The first kappa shape index (κ1) is 30.0. The number of rotatable bonds is 7. The van der Waals surface area contributed by atoms with Gasteiger partial charge in [-0.05, 0) is 35.2 Å². The molecule has 0 bridgehead atoms. The Labute approximate surface area is 250 Å². The zero-order valence-corrected chi connectivity index (χ0v) is 26.0. The van der Waals surface area contributed by atoms with E-state index in [0.29, 0.717) is 42.9 Å². The SMILES string of the molecule is Br.CNC(=O)c1cc2c(cc1N(C)C)CN(CC(=O)c1cc3c(c(C(C)(C)C)c1)OCCN3Cc1cnn[nH]1)C2=N. The summed E-state index contributed by atoms with van der Waals surface area (Å²) >= 11 is 0. The summed E-state index contributed by atoms with van der Waals surface area (Å²) < 4.78 is 6.15. The zero-order chi connectivity index (χ0) is 28.8. The maximum Gasteiger partial charge on any atom is 0.253 e. The number of benzene rings is 2. The highest BCUT2D eigenvalue weighted by atomic mass is 79.9. The van der Waals surface area contributed by atoms with Crippen molar-refractivity contribution in [3.63, 3.8) is 0 Å². The second kappa shape index (κ2) is 11.5. The third-order valence-corrected chi connectivity index (χ3v) is 7.42. The largest absolute Gasteiger partial charge is 0.489 e. The van der Waals surface area contributed by atoms with Gasteiger partial charge in [0.05, 0.1) is 42.8 Å². The van der Waals surface area contributed by atoms with E-state index in [9.17, 15) is 9.59 Å². The molecule has 0 spiro atoms. The van der Waals surface area contributed by atoms with Crippen LogP contribution in [0.5, 0.6) is 5.75 Å². The van der Waals surface area contributed by atoms with Crippen LogP contribution in [0.3, 0.4) is 0 Å². The number of ether oxygens (including phenoxy) is 1. The molecule has 1 aromatic heterocycles. The fourth-order valence-electron chi connectivity index (χ4n) is 5.29. The Kier molecular flexibility index (Phi) is 8.44. The smallest absolute Gasteiger partial charge is 0.253 e. The summed E-state index contributed by atoms with van der Waals surface area (Å²) in [5.41, 5.74) is 5.89. The van der Waals surface area contributed by atoms with Gasteiger partial charge in [-0.3, -0.25) is 20.1 Å². The number of nitrogens with zero attached hydrogens (tertiary/aromatic N) is 5. The third-order valence-electron chi connectivity index (χ3n) is 7.42. The number of carbonyl (C=O) groups is 2. The van der Waals surface area contributed by atoms with Crippen molar-refractivity contribution >= 4 is 45.9 Å². The predicted molar refractivity (Wildman–Crippen MR) is 164 cm³/mol. The molecule has 0 saturated carbocycles. The van der Waals surface area contributed by atoms with Gasteiger partial charge in [-0.2, -0.15) is 0 Å². The van der Waals surface area contributed by atoms with Gasteiger partial charge in [-0.15, -0.1) is 22.1 Å². The Balaban J connectivity index is 0.00000387. The quantitative estimate of drug-likeness (QED) is 0.340. The molecule has 0 fully saturated rings. The molecule has 11 nitrogen and oxygen atoms in total. The molecule has 5 rings (SSSR count). The summed E-state index contributed by atoms with van der Waals surface area (Å²) in [6.45, 7) is 8.58. The van der Waals surface area contributed by atoms with Crippen LogP contribution < -0.4 is 19.9 Å². The van der Waals surface area contributed by atoms with Crippen molar-refractivity contribution in [1.29, 1.82) is 5.41 Å². The number of halogens is 1. The number of fused-ring (bicyclic) bond motifs is 2. The fourth-order valence-corrected chi connectivity index (χ4v) is 5.29. The molecule has 3 N–H and O–H groups in total. The van der Waals surface area contributed by atoms with Gasteiger partial charge in [-0.1, -0.05) is 26.0 Å². The second-order valence-corrected chi connectivity index (χ2v) is 11.5. The molecule has 41 heavy (non-hydrogen) atoms. The minimum absolute atomic E-state index is 0. The molecule has 2 aliphatic heterocycles. The van der Waals surface area contributed by atoms with E-state index in [4.69, 9.17) is 10.1 Å². The maximum absolute atomic E-state index is 13.8. The lowest BCUT2D eigenvalue weighted by atomic mass is 9.84. The van der Waals surface area contributed by atoms with Crippen LogP contribution in [0.25, 0.3) is 0 Å². The molecule has 2 aromatic carbocycles. The minimum Gasteiger partial charge on any atom is -0.489 e. The monoisotopic (exact) mass is 624 g/mol. The molecule has 0 unspecified atom stereocenters. The number of nitrogens with one attached hydrogen (secondary N) is 3. The number of hydrogen-bond acceptors (Lipinski definition) is 8. The molecule has 12 heteroatoms. The van der Waals surface area contributed by atoms with Crippen molar-refractivity contribution in [2.45, 2.75) is 39.3 Å². The molecule has 218 valence electrons. The van der Waals surface area contributed by atoms with E-state index in [1.165, 1.54) is 0 Å². The molecule has 0 aliphatic carbocycles. The van der Waals surface area contributed by atoms with Crippen molar-refractivity contribution in [3.8, 4) is 5.75 Å². The van der Waals surface area contributed by atoms with Crippen LogP contribution in [0.4, 0.5) is 11.4 Å². The molecular formula is C29H37BrN8O3. The molecule has 1 amide bonds. The van der Waals surface area contributed by atoms with Crippen LogP contribution in [0.1, 0.15) is 63.9 Å². The molecule has 3 aromatic rings. The van der Waals surface area contributed by atoms with Gasteiger partial charge in [0.2, 0.25) is 0 Å². The number of aromatic amines is 1. The summed E-state index contributed by atoms with van der Waals surface area (Å²) in [5.74, 6) is 0.737. The van der Waals surface area contributed by atoms with Gasteiger partial charge in [0.15, 0.2) is 5.78 Å². The Morgan fingerprint density at radius 2 is 1.93 bits per heavy atom. The topological polar surface area (TPSA) is 131 Å². The molecule has 0 radical (unpaired) electrons. The number of H-pyrrole nitrogens is 1. The van der Waals surface area contributed by atoms with Crippen LogP contribution >= 0.6 is 17.0 Å². The minimum atomic E-state index is -0.256. The first-order valence-corrected chi connectivity index (χ1v) is 13.3. The van der Waals surface area contributed by atoms with Crippen LogP contribution in [0.2, 0.25) is 0 Å².